The van der Waals surface area contributed by atoms with Gasteiger partial charge in [-0.2, -0.15) is 5.10 Å². The van der Waals surface area contributed by atoms with Gasteiger partial charge >= 0.3 is 0 Å². The summed E-state index contributed by atoms with van der Waals surface area (Å²) in [6.07, 6.45) is 2.66. The van der Waals surface area contributed by atoms with E-state index in [1.54, 1.807) is 6.20 Å². The number of guanidine groups is 1. The van der Waals surface area contributed by atoms with Gasteiger partial charge < -0.3 is 10.6 Å². The summed E-state index contributed by atoms with van der Waals surface area (Å²) in [6.45, 7) is 8.36. The third-order valence-corrected chi connectivity index (χ3v) is 4.12. The third kappa shape index (κ3) is 4.96. The summed E-state index contributed by atoms with van der Waals surface area (Å²) in [7, 11) is 1.96. The number of nitrogens with one attached hydrogen (secondary N) is 2. The summed E-state index contributed by atoms with van der Waals surface area (Å²) in [5.41, 5.74) is 4.50. The van der Waals surface area contributed by atoms with Crippen LogP contribution in [0.3, 0.4) is 0 Å². The number of pyridine rings is 1. The predicted molar refractivity (Wildman–Crippen MR) is 98.5 cm³/mol. The number of halogens is 1. The first-order valence-corrected chi connectivity index (χ1v) is 8.50. The van der Waals surface area contributed by atoms with E-state index in [-0.39, 0.29) is 0 Å². The van der Waals surface area contributed by atoms with Crippen LogP contribution >= 0.6 is 11.6 Å². The molecule has 0 radical (unpaired) electrons. The van der Waals surface area contributed by atoms with Crippen molar-refractivity contribution < 1.29 is 0 Å². The number of hydrogen-bond donors (Lipinski definition) is 2. The van der Waals surface area contributed by atoms with Gasteiger partial charge in [-0.25, -0.2) is 9.98 Å². The first-order chi connectivity index (χ1) is 11.5. The summed E-state index contributed by atoms with van der Waals surface area (Å²) >= 11 is 5.80. The summed E-state index contributed by atoms with van der Waals surface area (Å²) in [4.78, 5) is 8.76. The van der Waals surface area contributed by atoms with Crippen LogP contribution in [0.2, 0.25) is 5.15 Å². The van der Waals surface area contributed by atoms with E-state index in [9.17, 15) is 0 Å². The average molecular weight is 349 g/mol. The molecule has 0 aliphatic carbocycles. The molecule has 24 heavy (non-hydrogen) atoms. The smallest absolute Gasteiger partial charge is 0.191 e. The topological polar surface area (TPSA) is 67.1 Å². The second kappa shape index (κ2) is 8.68. The van der Waals surface area contributed by atoms with Crippen molar-refractivity contribution in [1.29, 1.82) is 0 Å². The van der Waals surface area contributed by atoms with Crippen molar-refractivity contribution in [3.63, 3.8) is 0 Å². The van der Waals surface area contributed by atoms with Gasteiger partial charge in [0.25, 0.3) is 0 Å². The summed E-state index contributed by atoms with van der Waals surface area (Å²) in [6, 6.07) is 3.80. The van der Waals surface area contributed by atoms with E-state index in [0.717, 1.165) is 42.4 Å². The van der Waals surface area contributed by atoms with Gasteiger partial charge in [-0.3, -0.25) is 4.68 Å². The summed E-state index contributed by atoms with van der Waals surface area (Å²) in [5.74, 6) is 0.807. The highest BCUT2D eigenvalue weighted by molar-refractivity contribution is 6.29. The molecule has 0 bridgehead atoms. The van der Waals surface area contributed by atoms with E-state index in [1.807, 2.05) is 30.8 Å². The zero-order chi connectivity index (χ0) is 17.5. The van der Waals surface area contributed by atoms with Crippen molar-refractivity contribution in [3.05, 3.63) is 46.0 Å². The fourth-order valence-electron chi connectivity index (χ4n) is 2.43. The Hall–Kier alpha value is -2.08. The minimum Gasteiger partial charge on any atom is -0.357 e. The van der Waals surface area contributed by atoms with Gasteiger partial charge in [0.15, 0.2) is 5.96 Å². The maximum Gasteiger partial charge on any atom is 0.191 e. The first kappa shape index (κ1) is 18.3. The van der Waals surface area contributed by atoms with Crippen molar-refractivity contribution in [2.24, 2.45) is 12.0 Å². The maximum absolute atomic E-state index is 5.80. The van der Waals surface area contributed by atoms with Crippen LogP contribution in [0, 0.1) is 13.8 Å². The molecule has 2 rings (SSSR count). The molecule has 0 atom stereocenters. The Labute approximate surface area is 148 Å². The molecule has 2 N–H and O–H groups in total. The van der Waals surface area contributed by atoms with E-state index in [0.29, 0.717) is 11.7 Å². The lowest BCUT2D eigenvalue weighted by molar-refractivity contribution is 0.730. The van der Waals surface area contributed by atoms with Crippen molar-refractivity contribution in [2.45, 2.75) is 33.7 Å². The SMILES string of the molecule is CCNC(=NCc1c(C)nn(C)c1C)NCCc1ccc(Cl)nc1. The third-order valence-electron chi connectivity index (χ3n) is 3.89. The maximum atomic E-state index is 5.80. The highest BCUT2D eigenvalue weighted by Crippen LogP contribution is 2.12. The highest BCUT2D eigenvalue weighted by atomic mass is 35.5. The van der Waals surface area contributed by atoms with Gasteiger partial charge in [0.05, 0.1) is 12.2 Å². The zero-order valence-electron chi connectivity index (χ0n) is 14.7. The lowest BCUT2D eigenvalue weighted by Gasteiger charge is -2.11. The molecule has 0 spiro atoms. The minimum atomic E-state index is 0.517. The Bertz CT molecular complexity index is 690. The average Bonchev–Trinajstić information content (AvgIpc) is 2.80. The Morgan fingerprint density at radius 1 is 1.29 bits per heavy atom. The number of rotatable bonds is 6. The quantitative estimate of drug-likeness (QED) is 0.478. The molecular formula is C17H25ClN6. The summed E-state index contributed by atoms with van der Waals surface area (Å²) in [5, 5.41) is 11.6. The standard InChI is InChI=1S/C17H25ClN6/c1-5-19-17(20-9-8-14-6-7-16(18)21-10-14)22-11-15-12(2)23-24(4)13(15)3/h6-7,10H,5,8-9,11H2,1-4H3,(H2,19,20,22). The molecule has 0 saturated heterocycles. The molecule has 0 unspecified atom stereocenters. The monoisotopic (exact) mass is 348 g/mol. The fraction of sp³-hybridized carbons (Fsp3) is 0.471. The zero-order valence-corrected chi connectivity index (χ0v) is 15.5. The van der Waals surface area contributed by atoms with E-state index in [1.165, 1.54) is 5.56 Å². The molecule has 6 nitrogen and oxygen atoms in total. The van der Waals surface area contributed by atoms with Crippen LogP contribution in [-0.2, 0) is 20.0 Å². The molecule has 0 aliphatic rings. The van der Waals surface area contributed by atoms with Crippen LogP contribution in [-0.4, -0.2) is 33.8 Å². The van der Waals surface area contributed by atoms with Crippen molar-refractivity contribution >= 4 is 17.6 Å². The summed E-state index contributed by atoms with van der Waals surface area (Å²) < 4.78 is 1.90. The normalized spacial score (nSPS) is 11.6. The van der Waals surface area contributed by atoms with E-state index in [4.69, 9.17) is 11.6 Å². The van der Waals surface area contributed by atoms with E-state index >= 15 is 0 Å². The number of aliphatic imine (C=N–C) groups is 1. The molecule has 7 heteroatoms. The van der Waals surface area contributed by atoms with E-state index in [2.05, 4.69) is 39.6 Å². The van der Waals surface area contributed by atoms with Gasteiger partial charge in [0.1, 0.15) is 5.15 Å². The highest BCUT2D eigenvalue weighted by Gasteiger charge is 2.08. The largest absolute Gasteiger partial charge is 0.357 e. The number of nitrogens with zero attached hydrogens (tertiary/aromatic N) is 4. The second-order valence-corrected chi connectivity index (χ2v) is 6.02. The van der Waals surface area contributed by atoms with Crippen molar-refractivity contribution in [3.8, 4) is 0 Å². The fourth-order valence-corrected chi connectivity index (χ4v) is 2.54. The Morgan fingerprint density at radius 3 is 2.67 bits per heavy atom. The van der Waals surface area contributed by atoms with E-state index < -0.39 is 0 Å². The van der Waals surface area contributed by atoms with Crippen molar-refractivity contribution in [2.75, 3.05) is 13.1 Å². The van der Waals surface area contributed by atoms with Crippen LogP contribution in [0.1, 0.15) is 29.4 Å². The molecule has 2 heterocycles. The molecule has 0 aromatic carbocycles. The second-order valence-electron chi connectivity index (χ2n) is 5.63. The van der Waals surface area contributed by atoms with Crippen LogP contribution in [0.15, 0.2) is 23.3 Å². The molecule has 0 aliphatic heterocycles. The first-order valence-electron chi connectivity index (χ1n) is 8.13. The Balaban J connectivity index is 1.94. The van der Waals surface area contributed by atoms with Gasteiger partial charge in [-0.15, -0.1) is 0 Å². The molecule has 130 valence electrons. The van der Waals surface area contributed by atoms with Gasteiger partial charge in [0, 0.05) is 37.6 Å². The van der Waals surface area contributed by atoms with Crippen LogP contribution in [0.4, 0.5) is 0 Å². The molecule has 0 saturated carbocycles. The van der Waals surface area contributed by atoms with Gasteiger partial charge in [0.2, 0.25) is 0 Å². The van der Waals surface area contributed by atoms with Crippen LogP contribution in [0.5, 0.6) is 0 Å². The number of hydrogen-bond acceptors (Lipinski definition) is 3. The predicted octanol–water partition coefficient (Wildman–Crippen LogP) is 2.38. The lowest BCUT2D eigenvalue weighted by atomic mass is 10.2. The minimum absolute atomic E-state index is 0.517. The number of aromatic nitrogens is 3. The molecule has 2 aromatic rings. The molecule has 0 amide bonds. The Morgan fingerprint density at radius 2 is 2.08 bits per heavy atom. The number of aryl methyl sites for hydroxylation is 2. The van der Waals surface area contributed by atoms with Crippen LogP contribution < -0.4 is 10.6 Å². The van der Waals surface area contributed by atoms with Crippen LogP contribution in [0.25, 0.3) is 0 Å². The van der Waals surface area contributed by atoms with Gasteiger partial charge in [-0.1, -0.05) is 17.7 Å². The van der Waals surface area contributed by atoms with Gasteiger partial charge in [-0.05, 0) is 38.8 Å². The molecule has 2 aromatic heterocycles. The van der Waals surface area contributed by atoms with Crippen molar-refractivity contribution in [1.82, 2.24) is 25.4 Å². The molecule has 0 fully saturated rings. The lowest BCUT2D eigenvalue weighted by Crippen LogP contribution is -2.38. The molecular weight excluding hydrogens is 324 g/mol. The Kier molecular flexibility index (Phi) is 6.61.